The van der Waals surface area contributed by atoms with Gasteiger partial charge in [-0.15, -0.1) is 0 Å². The van der Waals surface area contributed by atoms with E-state index >= 15 is 0 Å². The number of amides is 1. The maximum atomic E-state index is 13.8. The molecule has 0 saturated heterocycles. The summed E-state index contributed by atoms with van der Waals surface area (Å²) in [5.74, 6) is -9.68. The fourth-order valence-corrected chi connectivity index (χ4v) is 4.17. The number of hydrogen-bond donors (Lipinski definition) is 1. The Labute approximate surface area is 148 Å². The van der Waals surface area contributed by atoms with Gasteiger partial charge in [0, 0.05) is 19.3 Å². The summed E-state index contributed by atoms with van der Waals surface area (Å²) in [5.41, 5.74) is -1.25. The Morgan fingerprint density at radius 2 is 1.65 bits per heavy atom. The van der Waals surface area contributed by atoms with Crippen molar-refractivity contribution >= 4 is 14.7 Å². The largest absolute Gasteiger partial charge is 0.498 e. The fourth-order valence-electron chi connectivity index (χ4n) is 2.20. The summed E-state index contributed by atoms with van der Waals surface area (Å²) in [4.78, 5) is 21.9. The molecule has 1 aromatic rings. The molecule has 0 aliphatic carbocycles. The van der Waals surface area contributed by atoms with Crippen LogP contribution in [0, 0.1) is 23.3 Å². The van der Waals surface area contributed by atoms with Gasteiger partial charge in [0.05, 0.1) is 12.1 Å². The van der Waals surface area contributed by atoms with Gasteiger partial charge in [-0.1, -0.05) is 4.48 Å². The number of carbonyl (C=O) groups is 1. The molecule has 0 unspecified atom stereocenters. The first-order chi connectivity index (χ1) is 12.2. The average molecular weight is 401 g/mol. The van der Waals surface area contributed by atoms with E-state index in [1.54, 1.807) is 13.8 Å². The van der Waals surface area contributed by atoms with Crippen LogP contribution in [0.1, 0.15) is 37.0 Å². The van der Waals surface area contributed by atoms with Crippen LogP contribution in [0.15, 0.2) is 6.07 Å². The first-order valence-electron chi connectivity index (χ1n) is 7.97. The van der Waals surface area contributed by atoms with Crippen molar-refractivity contribution < 1.29 is 40.5 Å². The monoisotopic (exact) mass is 401 g/mol. The minimum absolute atomic E-state index is 0.0471. The van der Waals surface area contributed by atoms with E-state index in [4.69, 9.17) is 8.85 Å². The predicted octanol–water partition coefficient (Wildman–Crippen LogP) is 3.35. The van der Waals surface area contributed by atoms with Gasteiger partial charge < -0.3 is 13.6 Å². The van der Waals surface area contributed by atoms with Crippen molar-refractivity contribution in [1.29, 1.82) is 0 Å². The van der Waals surface area contributed by atoms with Crippen LogP contribution in [0.5, 0.6) is 0 Å². The minimum Gasteiger partial charge on any atom is -0.390 e. The smallest absolute Gasteiger partial charge is 0.390 e. The molecule has 11 heteroatoms. The first-order valence-corrected chi connectivity index (χ1v) is 9.94. The molecule has 0 saturated carbocycles. The van der Waals surface area contributed by atoms with E-state index in [0.717, 1.165) is 0 Å². The van der Waals surface area contributed by atoms with Gasteiger partial charge in [0.25, 0.3) is 5.91 Å². The number of unbranched alkanes of at least 4 members (excludes halogenated alkanes) is 1. The molecule has 5 nitrogen and oxygen atoms in total. The van der Waals surface area contributed by atoms with Crippen molar-refractivity contribution in [3.05, 3.63) is 34.9 Å². The molecule has 0 bridgehead atoms. The molecule has 0 aliphatic heterocycles. The SMILES string of the molecule is CCO[Si](O)(CCCCN(F)C(=O)c1cc(F)c(F)c(F)c1F)OCC. The van der Waals surface area contributed by atoms with Gasteiger partial charge in [0.1, 0.15) is 0 Å². The number of hydrogen-bond acceptors (Lipinski definition) is 4. The van der Waals surface area contributed by atoms with Crippen molar-refractivity contribution in [3.63, 3.8) is 0 Å². The molecule has 148 valence electrons. The summed E-state index contributed by atoms with van der Waals surface area (Å²) in [5, 5.41) is -0.433. The minimum atomic E-state index is -3.37. The third-order valence-corrected chi connectivity index (χ3v) is 5.86. The normalized spacial score (nSPS) is 11.7. The second-order valence-corrected chi connectivity index (χ2v) is 7.78. The van der Waals surface area contributed by atoms with Crippen molar-refractivity contribution in [3.8, 4) is 0 Å². The second kappa shape index (κ2) is 9.95. The molecule has 0 atom stereocenters. The summed E-state index contributed by atoms with van der Waals surface area (Å²) in [6.45, 7) is 3.29. The van der Waals surface area contributed by atoms with Gasteiger partial charge in [-0.3, -0.25) is 4.79 Å². The third-order valence-electron chi connectivity index (χ3n) is 3.39. The van der Waals surface area contributed by atoms with E-state index in [9.17, 15) is 31.6 Å². The third kappa shape index (κ3) is 5.73. The van der Waals surface area contributed by atoms with E-state index in [-0.39, 0.29) is 38.2 Å². The number of nitrogens with zero attached hydrogens (tertiary/aromatic N) is 1. The standard InChI is InChI=1S/C15H20F5NO4Si/c1-3-24-26(23,25-4-2)8-6-5-7-21(20)15(22)10-9-11(16)13(18)14(19)12(10)17/h9,23H,3-8H2,1-2H3. The molecule has 0 radical (unpaired) electrons. The van der Waals surface area contributed by atoms with Gasteiger partial charge in [-0.25, -0.2) is 17.6 Å². The summed E-state index contributed by atoms with van der Waals surface area (Å²) in [6, 6.07) is 0.212. The molecular formula is C15H20F5NO4Si. The van der Waals surface area contributed by atoms with Gasteiger partial charge in [0.2, 0.25) is 0 Å². The molecule has 26 heavy (non-hydrogen) atoms. The Morgan fingerprint density at radius 1 is 1.08 bits per heavy atom. The highest BCUT2D eigenvalue weighted by Crippen LogP contribution is 2.21. The topological polar surface area (TPSA) is 59.0 Å². The van der Waals surface area contributed by atoms with Crippen molar-refractivity contribution in [2.45, 2.75) is 32.7 Å². The van der Waals surface area contributed by atoms with Crippen molar-refractivity contribution in [2.75, 3.05) is 19.8 Å². The molecule has 0 spiro atoms. The Balaban J connectivity index is 2.64. The molecule has 0 fully saturated rings. The van der Waals surface area contributed by atoms with Crippen LogP contribution in [0.2, 0.25) is 6.04 Å². The zero-order chi connectivity index (χ0) is 19.9. The van der Waals surface area contributed by atoms with Gasteiger partial charge in [0.15, 0.2) is 23.3 Å². The zero-order valence-electron chi connectivity index (χ0n) is 14.3. The molecule has 0 aliphatic rings. The number of carbonyl (C=O) groups excluding carboxylic acids is 1. The van der Waals surface area contributed by atoms with E-state index in [1.807, 2.05) is 0 Å². The lowest BCUT2D eigenvalue weighted by Gasteiger charge is -2.23. The highest BCUT2D eigenvalue weighted by Gasteiger charge is 2.35. The van der Waals surface area contributed by atoms with Gasteiger partial charge in [-0.2, -0.15) is 5.12 Å². The van der Waals surface area contributed by atoms with Crippen LogP contribution in [-0.2, 0) is 8.85 Å². The van der Waals surface area contributed by atoms with Gasteiger partial charge in [-0.05, 0) is 32.8 Å². The van der Waals surface area contributed by atoms with Gasteiger partial charge >= 0.3 is 8.80 Å². The van der Waals surface area contributed by atoms with Crippen LogP contribution in [0.4, 0.5) is 22.0 Å². The number of benzene rings is 1. The lowest BCUT2D eigenvalue weighted by Crippen LogP contribution is -2.42. The quantitative estimate of drug-likeness (QED) is 0.163. The molecule has 1 aromatic carbocycles. The van der Waals surface area contributed by atoms with Crippen molar-refractivity contribution in [1.82, 2.24) is 5.12 Å². The molecule has 0 heterocycles. The first kappa shape index (κ1) is 22.5. The lowest BCUT2D eigenvalue weighted by molar-refractivity contribution is 0.0181. The summed E-state index contributed by atoms with van der Waals surface area (Å²) in [6.07, 6.45) is 0.274. The molecule has 1 N–H and O–H groups in total. The Kier molecular flexibility index (Phi) is 8.60. The summed E-state index contributed by atoms with van der Waals surface area (Å²) >= 11 is 0. The Hall–Kier alpha value is -1.56. The lowest BCUT2D eigenvalue weighted by atomic mass is 10.1. The molecule has 1 amide bonds. The second-order valence-electron chi connectivity index (χ2n) is 5.27. The average Bonchev–Trinajstić information content (AvgIpc) is 2.59. The summed E-state index contributed by atoms with van der Waals surface area (Å²) in [7, 11) is -3.37. The Morgan fingerprint density at radius 3 is 2.19 bits per heavy atom. The number of halogens is 5. The van der Waals surface area contributed by atoms with E-state index in [2.05, 4.69) is 0 Å². The van der Waals surface area contributed by atoms with Crippen LogP contribution in [0.25, 0.3) is 0 Å². The molecule has 1 rings (SSSR count). The predicted molar refractivity (Wildman–Crippen MR) is 83.7 cm³/mol. The maximum Gasteiger partial charge on any atom is 0.498 e. The summed E-state index contributed by atoms with van der Waals surface area (Å²) < 4.78 is 76.8. The number of rotatable bonds is 10. The fraction of sp³-hybridized carbons (Fsp3) is 0.533. The van der Waals surface area contributed by atoms with Crippen LogP contribution in [-0.4, -0.2) is 44.4 Å². The van der Waals surface area contributed by atoms with E-state index in [0.29, 0.717) is 0 Å². The van der Waals surface area contributed by atoms with E-state index in [1.165, 1.54) is 0 Å². The zero-order valence-corrected chi connectivity index (χ0v) is 15.3. The molecular weight excluding hydrogens is 381 g/mol. The van der Waals surface area contributed by atoms with Crippen LogP contribution < -0.4 is 0 Å². The van der Waals surface area contributed by atoms with Crippen molar-refractivity contribution in [2.24, 2.45) is 0 Å². The highest BCUT2D eigenvalue weighted by molar-refractivity contribution is 6.59. The Bertz CT molecular complexity index is 629. The van der Waals surface area contributed by atoms with E-state index < -0.39 is 55.2 Å². The van der Waals surface area contributed by atoms with Crippen LogP contribution in [0.3, 0.4) is 0 Å². The highest BCUT2D eigenvalue weighted by atomic mass is 28.4. The maximum absolute atomic E-state index is 13.8. The molecule has 0 aromatic heterocycles. The van der Waals surface area contributed by atoms with Crippen LogP contribution >= 0.6 is 0 Å².